The molecule has 15 nitrogen and oxygen atoms in total. The van der Waals surface area contributed by atoms with Gasteiger partial charge in [0, 0.05) is 44.3 Å². The zero-order valence-corrected chi connectivity index (χ0v) is 41.5. The lowest BCUT2D eigenvalue weighted by Crippen LogP contribution is -2.78. The van der Waals surface area contributed by atoms with E-state index in [0.29, 0.717) is 39.1 Å². The minimum absolute atomic E-state index is 0.00872. The first kappa shape index (κ1) is 48.6. The molecule has 0 aliphatic carbocycles. The van der Waals surface area contributed by atoms with Gasteiger partial charge >= 0.3 is 12.1 Å². The molecule has 2 aliphatic rings. The molecule has 3 N–H and O–H groups in total. The SMILES string of the molecule is CC(C)(C)OC(=O)Nc1nc(/C(=N/OC(c2ccccc2)(c2ccccc2)c2ccccc2)C(=O)N[C@]2(SC=S)C(=O)N3C(C(=O)OC(c4ccccc4)c4ccccc4)=C(c4c[nH]nn4)CS[C@H]32)cs1. The van der Waals surface area contributed by atoms with Gasteiger partial charge in [-0.3, -0.25) is 24.9 Å². The summed E-state index contributed by atoms with van der Waals surface area (Å²) < 4.78 is 13.1. The minimum atomic E-state index is -1.79. The van der Waals surface area contributed by atoms with Crippen LogP contribution in [-0.4, -0.2) is 81.2 Å². The fourth-order valence-corrected chi connectivity index (χ4v) is 11.8. The molecule has 0 saturated carbocycles. The highest BCUT2D eigenvalue weighted by atomic mass is 32.2. The topological polar surface area (TPSA) is 190 Å². The second-order valence-corrected chi connectivity index (χ2v) is 20.6. The Bertz CT molecular complexity index is 2970. The molecular formula is C52H44N8O7S4. The van der Waals surface area contributed by atoms with Gasteiger partial charge in [0.2, 0.25) is 10.5 Å². The van der Waals surface area contributed by atoms with Gasteiger partial charge in [-0.15, -0.1) is 28.2 Å². The van der Waals surface area contributed by atoms with E-state index in [2.05, 4.69) is 36.2 Å². The van der Waals surface area contributed by atoms with E-state index in [0.717, 1.165) is 23.1 Å². The summed E-state index contributed by atoms with van der Waals surface area (Å²) in [5.41, 5.74) is 1.60. The Kier molecular flexibility index (Phi) is 14.3. The first-order valence-corrected chi connectivity index (χ1v) is 25.4. The number of esters is 1. The van der Waals surface area contributed by atoms with Crippen molar-refractivity contribution in [3.05, 3.63) is 208 Å². The number of β-lactam (4-membered cyclic amide) rings is 1. The molecule has 2 atom stereocenters. The number of H-pyrrole nitrogens is 1. The van der Waals surface area contributed by atoms with Crippen molar-refractivity contribution in [1.29, 1.82) is 0 Å². The molecule has 0 radical (unpaired) electrons. The van der Waals surface area contributed by atoms with Gasteiger partial charge in [0.05, 0.1) is 0 Å². The number of aromatic nitrogens is 4. The second-order valence-electron chi connectivity index (χ2n) is 17.0. The quantitative estimate of drug-likeness (QED) is 0.0158. The van der Waals surface area contributed by atoms with Gasteiger partial charge in [-0.25, -0.2) is 14.6 Å². The van der Waals surface area contributed by atoms with E-state index in [1.165, 1.54) is 32.9 Å². The third kappa shape index (κ3) is 9.98. The normalized spacial score (nSPS) is 16.9. The molecule has 3 amide bonds. The van der Waals surface area contributed by atoms with Gasteiger partial charge in [0.25, 0.3) is 11.8 Å². The largest absolute Gasteiger partial charge is 0.448 e. The number of benzene rings is 5. The highest BCUT2D eigenvalue weighted by Crippen LogP contribution is 2.53. The van der Waals surface area contributed by atoms with Crippen molar-refractivity contribution in [1.82, 2.24) is 30.6 Å². The van der Waals surface area contributed by atoms with Crippen molar-refractivity contribution >= 4 is 92.1 Å². The van der Waals surface area contributed by atoms with Gasteiger partial charge in [-0.1, -0.05) is 186 Å². The molecular weight excluding hydrogens is 977 g/mol. The van der Waals surface area contributed by atoms with Crippen LogP contribution in [0.1, 0.15) is 66.1 Å². The number of carbonyl (C=O) groups is 4. The van der Waals surface area contributed by atoms with Gasteiger partial charge in [-0.05, 0) is 31.9 Å². The summed E-state index contributed by atoms with van der Waals surface area (Å²) in [6.07, 6.45) is -0.0732. The number of fused-ring (bicyclic) bond motifs is 1. The van der Waals surface area contributed by atoms with E-state index >= 15 is 9.59 Å². The number of ether oxygens (including phenoxy) is 2. The third-order valence-electron chi connectivity index (χ3n) is 11.3. The molecule has 7 aromatic rings. The Balaban J connectivity index is 1.12. The van der Waals surface area contributed by atoms with E-state index in [1.807, 2.05) is 152 Å². The van der Waals surface area contributed by atoms with E-state index < -0.39 is 51.4 Å². The van der Waals surface area contributed by atoms with Gasteiger partial charge in [-0.2, -0.15) is 0 Å². The minimum Gasteiger partial charge on any atom is -0.448 e. The lowest BCUT2D eigenvalue weighted by Gasteiger charge is -2.56. The average Bonchev–Trinajstić information content (AvgIpc) is 4.10. The predicted octanol–water partition coefficient (Wildman–Crippen LogP) is 9.48. The van der Waals surface area contributed by atoms with Crippen molar-refractivity contribution in [3.8, 4) is 0 Å². The van der Waals surface area contributed by atoms with Crippen LogP contribution in [0.5, 0.6) is 0 Å². The molecule has 19 heteroatoms. The van der Waals surface area contributed by atoms with Crippen molar-refractivity contribution in [2.45, 2.75) is 48.3 Å². The van der Waals surface area contributed by atoms with Crippen LogP contribution in [0.25, 0.3) is 5.57 Å². The van der Waals surface area contributed by atoms with Crippen LogP contribution in [0.3, 0.4) is 0 Å². The van der Waals surface area contributed by atoms with Gasteiger partial charge in [0.15, 0.2) is 16.9 Å². The number of hydrogen-bond donors (Lipinski definition) is 3. The Hall–Kier alpha value is -7.45. The molecule has 0 unspecified atom stereocenters. The Labute approximate surface area is 426 Å². The summed E-state index contributed by atoms with van der Waals surface area (Å²) >= 11 is 8.61. The molecule has 0 bridgehead atoms. The van der Waals surface area contributed by atoms with E-state index in [-0.39, 0.29) is 28.0 Å². The number of thiocarbonyl (C=S) groups is 1. The van der Waals surface area contributed by atoms with Crippen LogP contribution in [0.15, 0.2) is 174 Å². The number of nitrogens with zero attached hydrogens (tertiary/aromatic N) is 5. The fraction of sp³-hybridized carbons (Fsp3) is 0.173. The molecule has 5 aromatic carbocycles. The summed E-state index contributed by atoms with van der Waals surface area (Å²) in [5.74, 6) is -2.18. The zero-order valence-electron chi connectivity index (χ0n) is 38.3. The standard InChI is InChI=1S/C52H44N8O7S4/c1-50(2,3)66-49(64)55-48-54-40(31-70-48)41(58-67-51(35-23-13-6-14-24-35,36-25-15-7-16-26-36)37-27-17-8-18-28-37)44(61)56-52(71-32-68)46(63)60-42(38(30-69-47(52)60)39-29-53-59-57-39)45(62)65-43(33-19-9-4-10-20-33)34-21-11-5-12-22-34/h4-29,31-32,43,47H,30H2,1-3H3,(H,56,61)(H,53,57,59)(H,54,55,64)/b58-41-/t47-,52-/m0/s1. The van der Waals surface area contributed by atoms with E-state index in [9.17, 15) is 9.59 Å². The molecule has 2 aromatic heterocycles. The van der Waals surface area contributed by atoms with Crippen LogP contribution in [0, 0.1) is 0 Å². The Morgan fingerprint density at radius 3 is 1.92 bits per heavy atom. The van der Waals surface area contributed by atoms with Crippen molar-refractivity contribution in [3.63, 3.8) is 0 Å². The number of rotatable bonds is 16. The maximum atomic E-state index is 15.3. The number of oxime groups is 1. The number of thiazole rings is 1. The Morgan fingerprint density at radius 2 is 1.41 bits per heavy atom. The molecule has 2 aliphatic heterocycles. The molecule has 71 heavy (non-hydrogen) atoms. The number of nitrogens with one attached hydrogen (secondary N) is 3. The smallest absolute Gasteiger partial charge is 0.413 e. The third-order valence-corrected chi connectivity index (χ3v) is 14.8. The van der Waals surface area contributed by atoms with E-state index in [4.69, 9.17) is 26.5 Å². The lowest BCUT2D eigenvalue weighted by atomic mass is 9.80. The summed E-state index contributed by atoms with van der Waals surface area (Å²) in [7, 11) is 0. The maximum absolute atomic E-state index is 15.3. The monoisotopic (exact) mass is 1020 g/mol. The first-order valence-electron chi connectivity index (χ1n) is 22.1. The number of anilines is 1. The number of aromatic amines is 1. The number of carbonyl (C=O) groups excluding carboxylic acids is 4. The zero-order chi connectivity index (χ0) is 49.6. The summed E-state index contributed by atoms with van der Waals surface area (Å²) in [6.45, 7) is 5.19. The van der Waals surface area contributed by atoms with Crippen LogP contribution in [0.2, 0.25) is 0 Å². The molecule has 358 valence electrons. The number of amides is 3. The second kappa shape index (κ2) is 20.9. The average molecular weight is 1020 g/mol. The highest BCUT2D eigenvalue weighted by Gasteiger charge is 2.66. The van der Waals surface area contributed by atoms with Gasteiger partial charge in [0.1, 0.15) is 28.1 Å². The van der Waals surface area contributed by atoms with Crippen molar-refractivity contribution in [2.75, 3.05) is 11.1 Å². The van der Waals surface area contributed by atoms with Crippen molar-refractivity contribution < 1.29 is 33.5 Å². The first-order chi connectivity index (χ1) is 34.4. The maximum Gasteiger partial charge on any atom is 0.413 e. The summed E-state index contributed by atoms with van der Waals surface area (Å²) in [6, 6.07) is 46.9. The van der Waals surface area contributed by atoms with Gasteiger partial charge < -0.3 is 19.6 Å². The summed E-state index contributed by atoms with van der Waals surface area (Å²) in [5, 5.41) is 21.8. The molecule has 1 saturated heterocycles. The van der Waals surface area contributed by atoms with E-state index in [1.54, 1.807) is 20.8 Å². The number of thioether (sulfide) groups is 2. The van der Waals surface area contributed by atoms with Crippen LogP contribution in [0.4, 0.5) is 9.93 Å². The Morgan fingerprint density at radius 1 is 0.859 bits per heavy atom. The predicted molar refractivity (Wildman–Crippen MR) is 278 cm³/mol. The number of hydrogen-bond acceptors (Lipinski definition) is 15. The van der Waals surface area contributed by atoms with Crippen LogP contribution < -0.4 is 10.6 Å². The summed E-state index contributed by atoms with van der Waals surface area (Å²) in [4.78, 5) is 69.1. The molecule has 0 spiro atoms. The fourth-order valence-electron chi connectivity index (χ4n) is 8.19. The lowest BCUT2D eigenvalue weighted by molar-refractivity contribution is -0.155. The molecule has 4 heterocycles. The highest BCUT2D eigenvalue weighted by molar-refractivity contribution is 8.22. The van der Waals surface area contributed by atoms with Crippen molar-refractivity contribution in [2.24, 2.45) is 5.16 Å². The molecule has 9 rings (SSSR count). The van der Waals surface area contributed by atoms with Crippen LogP contribution in [-0.2, 0) is 34.3 Å². The molecule has 1 fully saturated rings. The van der Waals surface area contributed by atoms with Crippen LogP contribution >= 0.6 is 47.1 Å².